The SMILES string of the molecule is COc1nc2ccccc2nc1N1CCC(N)CC1. The van der Waals surface area contributed by atoms with Gasteiger partial charge in [0.15, 0.2) is 5.82 Å². The van der Waals surface area contributed by atoms with Crippen molar-refractivity contribution in [2.75, 3.05) is 25.1 Å². The van der Waals surface area contributed by atoms with Gasteiger partial charge in [-0.15, -0.1) is 0 Å². The maximum Gasteiger partial charge on any atom is 0.257 e. The highest BCUT2D eigenvalue weighted by atomic mass is 16.5. The summed E-state index contributed by atoms with van der Waals surface area (Å²) in [5.74, 6) is 1.42. The second-order valence-corrected chi connectivity index (χ2v) is 4.87. The van der Waals surface area contributed by atoms with E-state index < -0.39 is 0 Å². The van der Waals surface area contributed by atoms with Crippen LogP contribution in [0.4, 0.5) is 5.82 Å². The predicted octanol–water partition coefficient (Wildman–Crippen LogP) is 1.57. The number of rotatable bonds is 2. The lowest BCUT2D eigenvalue weighted by molar-refractivity contribution is 0.394. The summed E-state index contributed by atoms with van der Waals surface area (Å²) >= 11 is 0. The zero-order chi connectivity index (χ0) is 13.2. The first-order valence-electron chi connectivity index (χ1n) is 6.59. The van der Waals surface area contributed by atoms with Crippen LogP contribution in [0.1, 0.15) is 12.8 Å². The minimum Gasteiger partial charge on any atom is -0.478 e. The Morgan fingerprint density at radius 2 is 1.79 bits per heavy atom. The van der Waals surface area contributed by atoms with E-state index in [1.807, 2.05) is 24.3 Å². The predicted molar refractivity (Wildman–Crippen MR) is 75.5 cm³/mol. The van der Waals surface area contributed by atoms with Crippen LogP contribution >= 0.6 is 0 Å². The van der Waals surface area contributed by atoms with E-state index in [1.165, 1.54) is 0 Å². The largest absolute Gasteiger partial charge is 0.478 e. The minimum absolute atomic E-state index is 0.302. The second kappa shape index (κ2) is 5.01. The average Bonchev–Trinajstić information content (AvgIpc) is 2.46. The van der Waals surface area contributed by atoms with E-state index in [2.05, 4.69) is 9.88 Å². The summed E-state index contributed by atoms with van der Waals surface area (Å²) in [6, 6.07) is 8.15. The number of benzene rings is 1. The molecule has 2 heterocycles. The van der Waals surface area contributed by atoms with Crippen molar-refractivity contribution in [1.82, 2.24) is 9.97 Å². The summed E-state index contributed by atoms with van der Waals surface area (Å²) in [6.07, 6.45) is 1.97. The Labute approximate surface area is 112 Å². The molecule has 0 saturated carbocycles. The molecule has 0 atom stereocenters. The Morgan fingerprint density at radius 3 is 2.42 bits per heavy atom. The van der Waals surface area contributed by atoms with Crippen molar-refractivity contribution in [1.29, 1.82) is 0 Å². The molecule has 1 aliphatic heterocycles. The topological polar surface area (TPSA) is 64.3 Å². The van der Waals surface area contributed by atoms with Gasteiger partial charge in [-0.05, 0) is 25.0 Å². The van der Waals surface area contributed by atoms with Gasteiger partial charge in [-0.3, -0.25) is 0 Å². The molecular weight excluding hydrogens is 240 g/mol. The van der Waals surface area contributed by atoms with Crippen LogP contribution in [0, 0.1) is 0 Å². The van der Waals surface area contributed by atoms with E-state index in [1.54, 1.807) is 7.11 Å². The number of fused-ring (bicyclic) bond motifs is 1. The molecule has 0 bridgehead atoms. The van der Waals surface area contributed by atoms with Gasteiger partial charge in [-0.25, -0.2) is 9.97 Å². The van der Waals surface area contributed by atoms with Gasteiger partial charge < -0.3 is 15.4 Å². The fraction of sp³-hybridized carbons (Fsp3) is 0.429. The van der Waals surface area contributed by atoms with Crippen molar-refractivity contribution < 1.29 is 4.74 Å². The van der Waals surface area contributed by atoms with Crippen LogP contribution < -0.4 is 15.4 Å². The number of nitrogens with two attached hydrogens (primary N) is 1. The Hall–Kier alpha value is -1.88. The molecule has 0 radical (unpaired) electrons. The first-order valence-corrected chi connectivity index (χ1v) is 6.59. The molecule has 0 aliphatic carbocycles. The summed E-state index contributed by atoms with van der Waals surface area (Å²) in [4.78, 5) is 11.4. The van der Waals surface area contributed by atoms with Gasteiger partial charge in [0.1, 0.15) is 0 Å². The highest BCUT2D eigenvalue weighted by Crippen LogP contribution is 2.28. The number of hydrogen-bond donors (Lipinski definition) is 1. The third-order valence-corrected chi connectivity index (χ3v) is 3.55. The van der Waals surface area contributed by atoms with Crippen LogP contribution in [-0.4, -0.2) is 36.2 Å². The zero-order valence-corrected chi connectivity index (χ0v) is 11.0. The van der Waals surface area contributed by atoms with Crippen LogP contribution in [0.3, 0.4) is 0 Å². The van der Waals surface area contributed by atoms with Crippen LogP contribution in [0.5, 0.6) is 5.88 Å². The first-order chi connectivity index (χ1) is 9.28. The van der Waals surface area contributed by atoms with Crippen LogP contribution in [0.2, 0.25) is 0 Å². The molecule has 0 unspecified atom stereocenters. The van der Waals surface area contributed by atoms with Crippen LogP contribution in [0.15, 0.2) is 24.3 Å². The van der Waals surface area contributed by atoms with Crippen molar-refractivity contribution >= 4 is 16.9 Å². The smallest absolute Gasteiger partial charge is 0.257 e. The quantitative estimate of drug-likeness (QED) is 0.885. The Morgan fingerprint density at radius 1 is 1.16 bits per heavy atom. The van der Waals surface area contributed by atoms with E-state index in [0.717, 1.165) is 42.8 Å². The molecular formula is C14H18N4O. The maximum atomic E-state index is 5.94. The molecule has 5 nitrogen and oxygen atoms in total. The number of anilines is 1. The second-order valence-electron chi connectivity index (χ2n) is 4.87. The Kier molecular flexibility index (Phi) is 3.21. The summed E-state index contributed by atoms with van der Waals surface area (Å²) in [5.41, 5.74) is 7.70. The maximum absolute atomic E-state index is 5.94. The summed E-state index contributed by atoms with van der Waals surface area (Å²) in [6.45, 7) is 1.81. The Bertz CT molecular complexity index is 579. The number of nitrogens with zero attached hydrogens (tertiary/aromatic N) is 3. The number of aromatic nitrogens is 2. The molecule has 2 aromatic rings. The van der Waals surface area contributed by atoms with Crippen LogP contribution in [0.25, 0.3) is 11.0 Å². The molecule has 0 spiro atoms. The molecule has 3 rings (SSSR count). The lowest BCUT2D eigenvalue weighted by Crippen LogP contribution is -2.40. The number of hydrogen-bond acceptors (Lipinski definition) is 5. The molecule has 100 valence electrons. The van der Waals surface area contributed by atoms with Gasteiger partial charge in [-0.1, -0.05) is 12.1 Å². The number of para-hydroxylation sites is 2. The van der Waals surface area contributed by atoms with E-state index in [9.17, 15) is 0 Å². The van der Waals surface area contributed by atoms with Crippen molar-refractivity contribution in [3.63, 3.8) is 0 Å². The molecule has 5 heteroatoms. The van der Waals surface area contributed by atoms with Crippen molar-refractivity contribution in [3.8, 4) is 5.88 Å². The van der Waals surface area contributed by atoms with E-state index >= 15 is 0 Å². The average molecular weight is 258 g/mol. The van der Waals surface area contributed by atoms with Crippen molar-refractivity contribution in [3.05, 3.63) is 24.3 Å². The lowest BCUT2D eigenvalue weighted by atomic mass is 10.1. The molecule has 0 amide bonds. The number of methoxy groups -OCH3 is 1. The highest BCUT2D eigenvalue weighted by Gasteiger charge is 2.21. The van der Waals surface area contributed by atoms with E-state index in [0.29, 0.717) is 11.9 Å². The van der Waals surface area contributed by atoms with Gasteiger partial charge in [0.05, 0.1) is 18.1 Å². The van der Waals surface area contributed by atoms with Gasteiger partial charge in [0.2, 0.25) is 0 Å². The fourth-order valence-corrected chi connectivity index (χ4v) is 2.43. The molecule has 1 saturated heterocycles. The van der Waals surface area contributed by atoms with Crippen LogP contribution in [-0.2, 0) is 0 Å². The molecule has 1 aromatic heterocycles. The third-order valence-electron chi connectivity index (χ3n) is 3.55. The molecule has 19 heavy (non-hydrogen) atoms. The van der Waals surface area contributed by atoms with Gasteiger partial charge in [-0.2, -0.15) is 0 Å². The monoisotopic (exact) mass is 258 g/mol. The number of ether oxygens (including phenoxy) is 1. The number of piperidine rings is 1. The van der Waals surface area contributed by atoms with Gasteiger partial charge >= 0.3 is 0 Å². The van der Waals surface area contributed by atoms with Gasteiger partial charge in [0, 0.05) is 19.1 Å². The molecule has 1 aliphatic rings. The Balaban J connectivity index is 2.01. The molecule has 2 N–H and O–H groups in total. The minimum atomic E-state index is 0.302. The van der Waals surface area contributed by atoms with Crippen molar-refractivity contribution in [2.45, 2.75) is 18.9 Å². The van der Waals surface area contributed by atoms with Gasteiger partial charge in [0.25, 0.3) is 5.88 Å². The van der Waals surface area contributed by atoms with E-state index in [4.69, 9.17) is 15.5 Å². The zero-order valence-electron chi connectivity index (χ0n) is 11.0. The summed E-state index contributed by atoms with van der Waals surface area (Å²) in [7, 11) is 1.64. The first kappa shape index (κ1) is 12.2. The summed E-state index contributed by atoms with van der Waals surface area (Å²) in [5, 5.41) is 0. The van der Waals surface area contributed by atoms with E-state index in [-0.39, 0.29) is 0 Å². The summed E-state index contributed by atoms with van der Waals surface area (Å²) < 4.78 is 5.39. The van der Waals surface area contributed by atoms with Crippen molar-refractivity contribution in [2.24, 2.45) is 5.73 Å². The lowest BCUT2D eigenvalue weighted by Gasteiger charge is -2.31. The highest BCUT2D eigenvalue weighted by molar-refractivity contribution is 5.77. The molecule has 1 aromatic carbocycles. The normalized spacial score (nSPS) is 16.8. The standard InChI is InChI=1S/C14H18N4O/c1-19-14-13(18-8-6-10(15)7-9-18)16-11-4-2-3-5-12(11)17-14/h2-5,10H,6-9,15H2,1H3. The third kappa shape index (κ3) is 2.33. The fourth-order valence-electron chi connectivity index (χ4n) is 2.43. The molecule has 1 fully saturated rings.